The minimum absolute atomic E-state index is 0.292. The van der Waals surface area contributed by atoms with E-state index in [1.807, 2.05) is 6.92 Å². The fourth-order valence-corrected chi connectivity index (χ4v) is 5.45. The van der Waals surface area contributed by atoms with Crippen molar-refractivity contribution in [2.75, 3.05) is 6.61 Å². The second kappa shape index (κ2) is 9.19. The van der Waals surface area contributed by atoms with Crippen LogP contribution in [0.5, 0.6) is 0 Å². The van der Waals surface area contributed by atoms with Crippen LogP contribution in [0.3, 0.4) is 0 Å². The molecule has 0 amide bonds. The maximum Gasteiger partial charge on any atom is 0.209 e. The van der Waals surface area contributed by atoms with Crippen molar-refractivity contribution in [3.63, 3.8) is 0 Å². The van der Waals surface area contributed by atoms with Crippen molar-refractivity contribution in [2.45, 2.75) is 83.2 Å². The van der Waals surface area contributed by atoms with E-state index in [0.29, 0.717) is 18.8 Å². The van der Waals surface area contributed by atoms with Gasteiger partial charge in [0.15, 0.2) is 0 Å². The van der Waals surface area contributed by atoms with Gasteiger partial charge in [0.1, 0.15) is 5.78 Å². The Hall–Kier alpha value is 0.197. The molecule has 114 valence electrons. The van der Waals surface area contributed by atoms with Crippen molar-refractivity contribution in [1.82, 2.24) is 0 Å². The summed E-state index contributed by atoms with van der Waals surface area (Å²) in [6.07, 6.45) is 7.33. The summed E-state index contributed by atoms with van der Waals surface area (Å²) in [5, 5.41) is 0. The molecule has 0 aliphatic rings. The lowest BCUT2D eigenvalue weighted by Crippen LogP contribution is -2.57. The summed E-state index contributed by atoms with van der Waals surface area (Å²) in [5.41, 5.74) is 0. The van der Waals surface area contributed by atoms with Crippen LogP contribution in [0, 0.1) is 0 Å². The predicted molar refractivity (Wildman–Crippen MR) is 89.5 cm³/mol. The first-order chi connectivity index (χ1) is 8.85. The van der Waals surface area contributed by atoms with Gasteiger partial charge in [-0.2, -0.15) is 12.6 Å². The Kier molecular flexibility index (Phi) is 9.29. The molecule has 0 aliphatic heterocycles. The number of hydrogen-bond donors (Lipinski definition) is 1. The van der Waals surface area contributed by atoms with Crippen molar-refractivity contribution < 1.29 is 9.22 Å². The lowest BCUT2D eigenvalue weighted by molar-refractivity contribution is -0.120. The van der Waals surface area contributed by atoms with E-state index < -0.39 is 12.7 Å². The Morgan fingerprint density at radius 1 is 1.11 bits per heavy atom. The highest BCUT2D eigenvalue weighted by Crippen LogP contribution is 2.34. The average molecular weight is 305 g/mol. The Labute approximate surface area is 126 Å². The van der Waals surface area contributed by atoms with Crippen molar-refractivity contribution in [3.05, 3.63) is 0 Å². The van der Waals surface area contributed by atoms with Crippen LogP contribution in [0.4, 0.5) is 0 Å². The molecule has 2 nitrogen and oxygen atoms in total. The summed E-state index contributed by atoms with van der Waals surface area (Å²) in [6, 6.07) is 0. The molecule has 0 rings (SSSR count). The van der Waals surface area contributed by atoms with Gasteiger partial charge < -0.3 is 4.43 Å². The molecule has 0 aromatic carbocycles. The molecule has 4 heteroatoms. The lowest BCUT2D eigenvalue weighted by Gasteiger charge is -2.39. The van der Waals surface area contributed by atoms with E-state index in [4.69, 9.17) is 17.1 Å². The number of rotatable bonds is 11. The third-order valence-corrected chi connectivity index (χ3v) is 9.80. The number of hydrogen-bond acceptors (Lipinski definition) is 3. The molecule has 0 spiro atoms. The highest BCUT2D eigenvalue weighted by molar-refractivity contribution is 7.85. The first-order valence-electron chi connectivity index (χ1n) is 7.75. The predicted octanol–water partition coefficient (Wildman–Crippen LogP) is 4.78. The van der Waals surface area contributed by atoms with Gasteiger partial charge in [0.05, 0.1) is 4.37 Å². The fraction of sp³-hybridized carbons (Fsp3) is 0.933. The molecule has 0 unspecified atom stereocenters. The Morgan fingerprint density at radius 3 is 2.16 bits per heavy atom. The molecule has 0 N–H and O–H groups in total. The number of ketones is 1. The summed E-state index contributed by atoms with van der Waals surface area (Å²) in [5.74, 6) is 0.292. The first-order valence-corrected chi connectivity index (χ1v) is 11.1. The monoisotopic (exact) mass is 304 g/mol. The van der Waals surface area contributed by atoms with Gasteiger partial charge in [0.25, 0.3) is 0 Å². The molecule has 0 aliphatic carbocycles. The van der Waals surface area contributed by atoms with Crippen molar-refractivity contribution in [1.29, 1.82) is 0 Å². The molecule has 0 bridgehead atoms. The van der Waals surface area contributed by atoms with E-state index in [0.717, 1.165) is 19.3 Å². The highest BCUT2D eigenvalue weighted by atomic mass is 32.1. The highest BCUT2D eigenvalue weighted by Gasteiger charge is 2.49. The topological polar surface area (TPSA) is 26.3 Å². The summed E-state index contributed by atoms with van der Waals surface area (Å²) >= 11 is 4.76. The van der Waals surface area contributed by atoms with Crippen LogP contribution < -0.4 is 0 Å². The fourth-order valence-electron chi connectivity index (χ4n) is 2.53. The molecule has 0 aromatic rings. The van der Waals surface area contributed by atoms with Crippen LogP contribution in [0.15, 0.2) is 0 Å². The number of unbranched alkanes of at least 4 members (excludes halogenated alkanes) is 4. The molecule has 19 heavy (non-hydrogen) atoms. The molecular weight excluding hydrogens is 272 g/mol. The maximum absolute atomic E-state index is 12.5. The third kappa shape index (κ3) is 5.60. The van der Waals surface area contributed by atoms with Crippen molar-refractivity contribution in [3.8, 4) is 0 Å². The zero-order valence-electron chi connectivity index (χ0n) is 13.4. The first kappa shape index (κ1) is 19.2. The van der Waals surface area contributed by atoms with Crippen LogP contribution in [-0.4, -0.2) is 25.1 Å². The largest absolute Gasteiger partial charge is 0.416 e. The van der Waals surface area contributed by atoms with Gasteiger partial charge >= 0.3 is 0 Å². The van der Waals surface area contributed by atoms with Crippen molar-refractivity contribution in [2.24, 2.45) is 0 Å². The quantitative estimate of drug-likeness (QED) is 0.338. The summed E-state index contributed by atoms with van der Waals surface area (Å²) in [7, 11) is -2.08. The number of carbonyl (C=O) groups is 1. The molecule has 0 radical (unpaired) electrons. The number of Topliss-reactive ketones (excluding diaryl/α,β-unsaturated/α-hetero) is 1. The summed E-state index contributed by atoms with van der Waals surface area (Å²) in [4.78, 5) is 12.5. The Bertz CT molecular complexity index is 269. The molecule has 0 aromatic heterocycles. The van der Waals surface area contributed by atoms with Gasteiger partial charge in [-0.25, -0.2) is 0 Å². The van der Waals surface area contributed by atoms with Gasteiger partial charge in [0.2, 0.25) is 8.32 Å². The van der Waals surface area contributed by atoms with Crippen LogP contribution in [0.2, 0.25) is 13.1 Å². The average Bonchev–Trinajstić information content (AvgIpc) is 2.36. The zero-order valence-corrected chi connectivity index (χ0v) is 15.3. The van der Waals surface area contributed by atoms with E-state index in [1.165, 1.54) is 19.3 Å². The van der Waals surface area contributed by atoms with Crippen LogP contribution in [0.1, 0.15) is 65.7 Å². The molecule has 0 saturated heterocycles. The van der Waals surface area contributed by atoms with E-state index in [9.17, 15) is 4.79 Å². The second-order valence-electron chi connectivity index (χ2n) is 5.74. The van der Waals surface area contributed by atoms with E-state index >= 15 is 0 Å². The van der Waals surface area contributed by atoms with Gasteiger partial charge in [0, 0.05) is 13.0 Å². The van der Waals surface area contributed by atoms with Crippen LogP contribution in [0.25, 0.3) is 0 Å². The summed E-state index contributed by atoms with van der Waals surface area (Å²) in [6.45, 7) is 11.1. The zero-order chi connectivity index (χ0) is 14.9. The smallest absolute Gasteiger partial charge is 0.209 e. The minimum Gasteiger partial charge on any atom is -0.416 e. The van der Waals surface area contributed by atoms with Gasteiger partial charge in [-0.05, 0) is 32.9 Å². The number of thiol groups is 1. The van der Waals surface area contributed by atoms with Crippen LogP contribution >= 0.6 is 12.6 Å². The van der Waals surface area contributed by atoms with Crippen molar-refractivity contribution >= 4 is 26.7 Å². The Morgan fingerprint density at radius 2 is 1.68 bits per heavy atom. The Balaban J connectivity index is 4.44. The third-order valence-electron chi connectivity index (χ3n) is 3.98. The molecular formula is C15H32O2SSi. The van der Waals surface area contributed by atoms with Crippen LogP contribution in [-0.2, 0) is 9.22 Å². The van der Waals surface area contributed by atoms with Gasteiger partial charge in [-0.1, -0.05) is 39.5 Å². The van der Waals surface area contributed by atoms with E-state index in [2.05, 4.69) is 26.9 Å². The molecule has 0 fully saturated rings. The number of carbonyl (C=O) groups excluding carboxylic acids is 1. The van der Waals surface area contributed by atoms with E-state index in [-0.39, 0.29) is 0 Å². The summed E-state index contributed by atoms with van der Waals surface area (Å²) < 4.78 is 5.36. The second-order valence-corrected chi connectivity index (χ2v) is 11.1. The molecule has 0 heterocycles. The van der Waals surface area contributed by atoms with Gasteiger partial charge in [-0.3, -0.25) is 4.79 Å². The maximum atomic E-state index is 12.5. The SMILES string of the molecule is CCCCCCCC(=O)[C@@](S)(CC)[Si](C)(C)OCC. The molecule has 0 saturated carbocycles. The minimum atomic E-state index is -2.08. The normalized spacial score (nSPS) is 15.3. The van der Waals surface area contributed by atoms with Gasteiger partial charge in [-0.15, -0.1) is 0 Å². The lowest BCUT2D eigenvalue weighted by atomic mass is 10.1. The standard InChI is InChI=1S/C15H32O2SSi/c1-6-9-10-11-12-13-14(16)15(18,7-2)19(4,5)17-8-3/h18H,6-13H2,1-5H3/t15-/m1/s1. The van der Waals surface area contributed by atoms with E-state index in [1.54, 1.807) is 0 Å². The molecule has 1 atom stereocenters.